The molecular weight excluding hydrogens is 190 g/mol. The first kappa shape index (κ1) is 10.7. The number of rotatable bonds is 3. The third-order valence-electron chi connectivity index (χ3n) is 3.33. The minimum Gasteiger partial charge on any atom is -0.378 e. The van der Waals surface area contributed by atoms with Crippen LogP contribution in [0.1, 0.15) is 32.6 Å². The maximum absolute atomic E-state index is 5.79. The third kappa shape index (κ3) is 2.43. The van der Waals surface area contributed by atoms with E-state index < -0.39 is 0 Å². The Hall–Kier alpha value is -0.770. The molecule has 0 aromatic rings. The average Bonchev–Trinajstić information content (AvgIpc) is 2.23. The molecule has 2 fully saturated rings. The van der Waals surface area contributed by atoms with Crippen LogP contribution in [0.15, 0.2) is 4.99 Å². The molecule has 0 aromatic heterocycles. The van der Waals surface area contributed by atoms with Gasteiger partial charge in [0.25, 0.3) is 0 Å². The summed E-state index contributed by atoms with van der Waals surface area (Å²) in [6.07, 6.45) is 5.07. The number of hydrogen-bond donors (Lipinski definition) is 2. The van der Waals surface area contributed by atoms with Gasteiger partial charge in [0.2, 0.25) is 0 Å². The van der Waals surface area contributed by atoms with Gasteiger partial charge in [0.1, 0.15) is 0 Å². The van der Waals surface area contributed by atoms with Crippen LogP contribution in [0.2, 0.25) is 0 Å². The summed E-state index contributed by atoms with van der Waals surface area (Å²) in [6.45, 7) is 3.86. The van der Waals surface area contributed by atoms with Crippen molar-refractivity contribution >= 4 is 5.96 Å². The van der Waals surface area contributed by atoms with E-state index in [2.05, 4.69) is 17.2 Å². The van der Waals surface area contributed by atoms with Crippen LogP contribution in [-0.4, -0.2) is 31.3 Å². The van der Waals surface area contributed by atoms with Crippen molar-refractivity contribution in [1.29, 1.82) is 0 Å². The van der Waals surface area contributed by atoms with E-state index in [1.54, 1.807) is 0 Å². The molecular formula is C11H21N3O. The molecule has 0 spiro atoms. The van der Waals surface area contributed by atoms with E-state index in [-0.39, 0.29) is 0 Å². The number of nitrogens with one attached hydrogen (secondary N) is 1. The maximum atomic E-state index is 5.79. The Balaban J connectivity index is 1.76. The minimum absolute atomic E-state index is 0.482. The molecule has 0 bridgehead atoms. The first-order chi connectivity index (χ1) is 7.31. The van der Waals surface area contributed by atoms with Crippen molar-refractivity contribution in [3.8, 4) is 0 Å². The molecule has 3 N–H and O–H groups in total. The molecule has 0 amide bonds. The SMILES string of the molecule is CCCN=C(N)NC1CC2OCCCC12. The van der Waals surface area contributed by atoms with E-state index in [1.807, 2.05) is 0 Å². The molecule has 4 nitrogen and oxygen atoms in total. The highest BCUT2D eigenvalue weighted by Crippen LogP contribution is 2.37. The Labute approximate surface area is 91.3 Å². The fraction of sp³-hybridized carbons (Fsp3) is 0.909. The molecule has 0 radical (unpaired) electrons. The van der Waals surface area contributed by atoms with Crippen LogP contribution in [0, 0.1) is 5.92 Å². The number of guanidine groups is 1. The lowest BCUT2D eigenvalue weighted by atomic mass is 9.72. The summed E-state index contributed by atoms with van der Waals surface area (Å²) in [4.78, 5) is 4.24. The molecule has 1 aliphatic carbocycles. The van der Waals surface area contributed by atoms with Crippen LogP contribution in [0.3, 0.4) is 0 Å². The lowest BCUT2D eigenvalue weighted by Crippen LogP contribution is -2.59. The van der Waals surface area contributed by atoms with Crippen LogP contribution in [0.4, 0.5) is 0 Å². The normalized spacial score (nSPS) is 35.5. The van der Waals surface area contributed by atoms with Crippen LogP contribution in [0.5, 0.6) is 0 Å². The van der Waals surface area contributed by atoms with Crippen LogP contribution in [-0.2, 0) is 4.74 Å². The fourth-order valence-electron chi connectivity index (χ4n) is 2.43. The van der Waals surface area contributed by atoms with Gasteiger partial charge in [0.05, 0.1) is 6.10 Å². The quantitative estimate of drug-likeness (QED) is 0.538. The van der Waals surface area contributed by atoms with Gasteiger partial charge in [-0.25, -0.2) is 0 Å². The van der Waals surface area contributed by atoms with Crippen molar-refractivity contribution < 1.29 is 4.74 Å². The van der Waals surface area contributed by atoms with Crippen LogP contribution >= 0.6 is 0 Å². The van der Waals surface area contributed by atoms with Gasteiger partial charge < -0.3 is 15.8 Å². The number of nitrogens with zero attached hydrogens (tertiary/aromatic N) is 1. The second-order valence-electron chi connectivity index (χ2n) is 4.47. The first-order valence-electron chi connectivity index (χ1n) is 5.99. The highest BCUT2D eigenvalue weighted by atomic mass is 16.5. The maximum Gasteiger partial charge on any atom is 0.188 e. The predicted molar refractivity (Wildman–Crippen MR) is 60.8 cm³/mol. The van der Waals surface area contributed by atoms with Gasteiger partial charge in [0.15, 0.2) is 5.96 Å². The zero-order chi connectivity index (χ0) is 10.7. The lowest BCUT2D eigenvalue weighted by molar-refractivity contribution is -0.0989. The first-order valence-corrected chi connectivity index (χ1v) is 5.99. The summed E-state index contributed by atoms with van der Waals surface area (Å²) >= 11 is 0. The van der Waals surface area contributed by atoms with E-state index in [1.165, 1.54) is 12.8 Å². The van der Waals surface area contributed by atoms with Crippen molar-refractivity contribution in [2.75, 3.05) is 13.2 Å². The zero-order valence-electron chi connectivity index (χ0n) is 9.41. The van der Waals surface area contributed by atoms with Gasteiger partial charge in [-0.05, 0) is 25.7 Å². The van der Waals surface area contributed by atoms with Crippen molar-refractivity contribution in [3.63, 3.8) is 0 Å². The molecule has 86 valence electrons. The molecule has 1 aliphatic heterocycles. The van der Waals surface area contributed by atoms with Gasteiger partial charge in [-0.15, -0.1) is 0 Å². The average molecular weight is 211 g/mol. The van der Waals surface area contributed by atoms with Gasteiger partial charge in [-0.2, -0.15) is 0 Å². The summed E-state index contributed by atoms with van der Waals surface area (Å²) in [5, 5.41) is 3.30. The fourth-order valence-corrected chi connectivity index (χ4v) is 2.43. The standard InChI is InChI=1S/C11H21N3O/c1-2-5-13-11(12)14-9-7-10-8(9)4-3-6-15-10/h8-10H,2-7H2,1H3,(H3,12,13,14). The Morgan fingerprint density at radius 3 is 3.20 bits per heavy atom. The highest BCUT2D eigenvalue weighted by Gasteiger charge is 2.43. The Kier molecular flexibility index (Phi) is 3.46. The smallest absolute Gasteiger partial charge is 0.188 e. The summed E-state index contributed by atoms with van der Waals surface area (Å²) < 4.78 is 5.65. The summed E-state index contributed by atoms with van der Waals surface area (Å²) in [5.74, 6) is 1.26. The molecule has 3 atom stereocenters. The van der Waals surface area contributed by atoms with E-state index in [9.17, 15) is 0 Å². The van der Waals surface area contributed by atoms with Crippen LogP contribution in [0.25, 0.3) is 0 Å². The summed E-state index contributed by atoms with van der Waals surface area (Å²) in [5.41, 5.74) is 5.79. The molecule has 2 aliphatic rings. The largest absolute Gasteiger partial charge is 0.378 e. The lowest BCUT2D eigenvalue weighted by Gasteiger charge is -2.47. The van der Waals surface area contributed by atoms with E-state index >= 15 is 0 Å². The summed E-state index contributed by atoms with van der Waals surface area (Å²) in [6, 6.07) is 0.496. The second kappa shape index (κ2) is 4.84. The molecule has 1 heterocycles. The molecule has 1 saturated heterocycles. The Bertz CT molecular complexity index is 242. The molecule has 4 heteroatoms. The zero-order valence-corrected chi connectivity index (χ0v) is 9.41. The van der Waals surface area contributed by atoms with Gasteiger partial charge in [-0.3, -0.25) is 4.99 Å². The third-order valence-corrected chi connectivity index (χ3v) is 3.33. The molecule has 15 heavy (non-hydrogen) atoms. The number of hydrogen-bond acceptors (Lipinski definition) is 2. The molecule has 2 rings (SSSR count). The van der Waals surface area contributed by atoms with E-state index in [4.69, 9.17) is 10.5 Å². The van der Waals surface area contributed by atoms with E-state index in [0.717, 1.165) is 26.0 Å². The predicted octanol–water partition coefficient (Wildman–Crippen LogP) is 0.868. The van der Waals surface area contributed by atoms with Crippen molar-refractivity contribution in [2.45, 2.75) is 44.8 Å². The van der Waals surface area contributed by atoms with Gasteiger partial charge >= 0.3 is 0 Å². The number of aliphatic imine (C=N–C) groups is 1. The molecule has 3 unspecified atom stereocenters. The van der Waals surface area contributed by atoms with Crippen molar-refractivity contribution in [2.24, 2.45) is 16.6 Å². The number of ether oxygens (including phenoxy) is 1. The monoisotopic (exact) mass is 211 g/mol. The van der Waals surface area contributed by atoms with Gasteiger partial charge in [-0.1, -0.05) is 6.92 Å². The Morgan fingerprint density at radius 1 is 1.60 bits per heavy atom. The highest BCUT2D eigenvalue weighted by molar-refractivity contribution is 5.78. The van der Waals surface area contributed by atoms with Crippen molar-refractivity contribution in [3.05, 3.63) is 0 Å². The molecule has 0 aromatic carbocycles. The van der Waals surface area contributed by atoms with Gasteiger partial charge in [0, 0.05) is 25.1 Å². The topological polar surface area (TPSA) is 59.6 Å². The van der Waals surface area contributed by atoms with E-state index in [0.29, 0.717) is 24.0 Å². The second-order valence-corrected chi connectivity index (χ2v) is 4.47. The minimum atomic E-state index is 0.482. The number of nitrogens with two attached hydrogens (primary N) is 1. The van der Waals surface area contributed by atoms with Crippen LogP contribution < -0.4 is 11.1 Å². The summed E-state index contributed by atoms with van der Waals surface area (Å²) in [7, 11) is 0. The Morgan fingerprint density at radius 2 is 2.47 bits per heavy atom. The van der Waals surface area contributed by atoms with Crippen molar-refractivity contribution in [1.82, 2.24) is 5.32 Å². The molecule has 1 saturated carbocycles. The number of fused-ring (bicyclic) bond motifs is 1.